The molecule has 0 unspecified atom stereocenters. The van der Waals surface area contributed by atoms with Gasteiger partial charge in [0, 0.05) is 41.0 Å². The predicted molar refractivity (Wildman–Crippen MR) is 137 cm³/mol. The normalized spacial score (nSPS) is 15.5. The zero-order valence-corrected chi connectivity index (χ0v) is 19.7. The molecule has 0 aliphatic heterocycles. The molecule has 0 spiro atoms. The van der Waals surface area contributed by atoms with Crippen LogP contribution in [0.3, 0.4) is 0 Å². The maximum absolute atomic E-state index is 12.5. The molecule has 2 N–H and O–H groups in total. The lowest BCUT2D eigenvalue weighted by molar-refractivity contribution is 0.0838. The van der Waals surface area contributed by atoms with E-state index in [-0.39, 0.29) is 11.6 Å². The second-order valence-corrected chi connectivity index (χ2v) is 9.51. The molecule has 1 aromatic heterocycles. The molecular formula is C29H33N3O2. The van der Waals surface area contributed by atoms with Gasteiger partial charge in [0.1, 0.15) is 0 Å². The number of anilines is 1. The van der Waals surface area contributed by atoms with Crippen molar-refractivity contribution in [3.63, 3.8) is 0 Å². The third-order valence-electron chi connectivity index (χ3n) is 7.19. The van der Waals surface area contributed by atoms with E-state index in [1.54, 1.807) is 12.1 Å². The van der Waals surface area contributed by atoms with Gasteiger partial charge in [-0.05, 0) is 56.7 Å². The van der Waals surface area contributed by atoms with Crippen molar-refractivity contribution in [1.82, 2.24) is 10.3 Å². The van der Waals surface area contributed by atoms with Gasteiger partial charge in [-0.15, -0.1) is 0 Å². The fraction of sp³-hybridized carbons (Fsp3) is 0.414. The smallest absolute Gasteiger partial charge is 0.175 e. The molecule has 5 heteroatoms. The summed E-state index contributed by atoms with van der Waals surface area (Å²) in [5.74, 6) is -0.627. The van der Waals surface area contributed by atoms with Crippen LogP contribution in [0.2, 0.25) is 0 Å². The first kappa shape index (κ1) is 22.7. The number of aryl methyl sites for hydroxylation is 1. The molecule has 5 rings (SSSR count). The highest BCUT2D eigenvalue weighted by molar-refractivity contribution is 6.26. The van der Waals surface area contributed by atoms with Gasteiger partial charge in [-0.3, -0.25) is 14.6 Å². The second kappa shape index (κ2) is 10.5. The van der Waals surface area contributed by atoms with E-state index in [0.717, 1.165) is 57.1 Å². The van der Waals surface area contributed by atoms with Crippen molar-refractivity contribution in [3.8, 4) is 0 Å². The summed E-state index contributed by atoms with van der Waals surface area (Å²) in [5, 5.41) is 8.31. The summed E-state index contributed by atoms with van der Waals surface area (Å²) in [6, 6.07) is 15.6. The molecule has 2 aliphatic rings. The summed E-state index contributed by atoms with van der Waals surface area (Å²) < 4.78 is 0. The van der Waals surface area contributed by atoms with E-state index >= 15 is 0 Å². The Morgan fingerprint density at radius 1 is 0.794 bits per heavy atom. The molecule has 3 aromatic rings. The van der Waals surface area contributed by atoms with E-state index in [9.17, 15) is 9.59 Å². The monoisotopic (exact) mass is 455 g/mol. The van der Waals surface area contributed by atoms with Crippen molar-refractivity contribution in [2.24, 2.45) is 5.92 Å². The lowest BCUT2D eigenvalue weighted by atomic mass is 9.92. The maximum Gasteiger partial charge on any atom is 0.175 e. The van der Waals surface area contributed by atoms with E-state index in [4.69, 9.17) is 4.98 Å². The summed E-state index contributed by atoms with van der Waals surface area (Å²) in [5.41, 5.74) is 6.26. The Kier molecular flexibility index (Phi) is 7.00. The molecule has 0 amide bonds. The molecule has 176 valence electrons. The van der Waals surface area contributed by atoms with E-state index in [1.165, 1.54) is 35.2 Å². The standard InChI is InChI=1S/C29H33N3O2/c33-28-20-11-3-4-12-21(20)29(34)24(28)19-30-17-9-1-2-10-18-31-27-22-13-5-7-15-25(22)32-26-16-8-6-14-23(26)27/h3-5,7,11-13,15,24,30H,1-2,6,8-10,14,16-19H2,(H,31,32). The molecule has 2 aliphatic carbocycles. The highest BCUT2D eigenvalue weighted by atomic mass is 16.2. The number of hydrogen-bond acceptors (Lipinski definition) is 5. The molecular weight excluding hydrogens is 422 g/mol. The van der Waals surface area contributed by atoms with Gasteiger partial charge >= 0.3 is 0 Å². The number of hydrogen-bond donors (Lipinski definition) is 2. The van der Waals surface area contributed by atoms with Gasteiger partial charge in [0.2, 0.25) is 0 Å². The minimum Gasteiger partial charge on any atom is -0.384 e. The number of unbranched alkanes of at least 4 members (excludes halogenated alkanes) is 3. The Bertz CT molecular complexity index is 1170. The number of para-hydroxylation sites is 1. The van der Waals surface area contributed by atoms with Gasteiger partial charge in [-0.25, -0.2) is 0 Å². The number of ketones is 2. The second-order valence-electron chi connectivity index (χ2n) is 9.51. The molecule has 0 saturated heterocycles. The highest BCUT2D eigenvalue weighted by Crippen LogP contribution is 2.33. The molecule has 0 atom stereocenters. The number of benzene rings is 2. The van der Waals surface area contributed by atoms with Gasteiger partial charge in [0.15, 0.2) is 11.6 Å². The summed E-state index contributed by atoms with van der Waals surface area (Å²) in [6.07, 6.45) is 9.17. The third-order valence-corrected chi connectivity index (χ3v) is 7.19. The first-order valence-corrected chi connectivity index (χ1v) is 12.8. The lowest BCUT2D eigenvalue weighted by Gasteiger charge is -2.21. The zero-order valence-electron chi connectivity index (χ0n) is 19.7. The molecule has 5 nitrogen and oxygen atoms in total. The number of aromatic nitrogens is 1. The van der Waals surface area contributed by atoms with Crippen molar-refractivity contribution < 1.29 is 9.59 Å². The topological polar surface area (TPSA) is 71.1 Å². The highest BCUT2D eigenvalue weighted by Gasteiger charge is 2.37. The zero-order chi connectivity index (χ0) is 23.3. The first-order chi connectivity index (χ1) is 16.7. The number of Topliss-reactive ketones (excluding diaryl/α,β-unsaturated/α-hetero) is 2. The Morgan fingerprint density at radius 3 is 2.26 bits per heavy atom. The van der Waals surface area contributed by atoms with Crippen LogP contribution in [0.1, 0.15) is 70.5 Å². The SMILES string of the molecule is O=C1c2ccccc2C(=O)C1CNCCCCCCNc1c2c(nc3ccccc13)CCCC2. The van der Waals surface area contributed by atoms with Gasteiger partial charge in [-0.2, -0.15) is 0 Å². The van der Waals surface area contributed by atoms with Crippen LogP contribution >= 0.6 is 0 Å². The van der Waals surface area contributed by atoms with Crippen molar-refractivity contribution in [2.45, 2.75) is 51.4 Å². The van der Waals surface area contributed by atoms with Crippen LogP contribution < -0.4 is 10.6 Å². The van der Waals surface area contributed by atoms with Crippen LogP contribution in [0.25, 0.3) is 10.9 Å². The van der Waals surface area contributed by atoms with E-state index in [0.29, 0.717) is 17.7 Å². The van der Waals surface area contributed by atoms with Gasteiger partial charge in [-0.1, -0.05) is 55.3 Å². The minimum atomic E-state index is -0.553. The number of pyridine rings is 1. The third kappa shape index (κ3) is 4.62. The minimum absolute atomic E-state index is 0.0370. The summed E-state index contributed by atoms with van der Waals surface area (Å²) >= 11 is 0. The van der Waals surface area contributed by atoms with Crippen LogP contribution in [0, 0.1) is 5.92 Å². The van der Waals surface area contributed by atoms with Gasteiger partial charge in [0.25, 0.3) is 0 Å². The Hall–Kier alpha value is -3.05. The Labute approximate surface area is 201 Å². The number of nitrogens with zero attached hydrogens (tertiary/aromatic N) is 1. The molecule has 0 radical (unpaired) electrons. The molecule has 34 heavy (non-hydrogen) atoms. The van der Waals surface area contributed by atoms with Crippen LogP contribution in [0.15, 0.2) is 48.5 Å². The van der Waals surface area contributed by atoms with E-state index in [1.807, 2.05) is 12.1 Å². The average molecular weight is 456 g/mol. The Morgan fingerprint density at radius 2 is 1.47 bits per heavy atom. The quantitative estimate of drug-likeness (QED) is 0.318. The van der Waals surface area contributed by atoms with Crippen LogP contribution in [-0.2, 0) is 12.8 Å². The first-order valence-electron chi connectivity index (χ1n) is 12.8. The van der Waals surface area contributed by atoms with Crippen LogP contribution in [0.4, 0.5) is 5.69 Å². The summed E-state index contributed by atoms with van der Waals surface area (Å²) in [6.45, 7) is 2.24. The maximum atomic E-state index is 12.5. The fourth-order valence-electron chi connectivity index (χ4n) is 5.36. The van der Waals surface area contributed by atoms with Gasteiger partial charge in [0.05, 0.1) is 11.4 Å². The number of nitrogens with one attached hydrogen (secondary N) is 2. The van der Waals surface area contributed by atoms with Crippen LogP contribution in [0.5, 0.6) is 0 Å². The lowest BCUT2D eigenvalue weighted by Crippen LogP contribution is -2.30. The molecule has 2 aromatic carbocycles. The number of carbonyl (C=O) groups is 2. The molecule has 0 bridgehead atoms. The molecule has 0 fully saturated rings. The molecule has 1 heterocycles. The molecule has 0 saturated carbocycles. The average Bonchev–Trinajstić information content (AvgIpc) is 3.12. The summed E-state index contributed by atoms with van der Waals surface area (Å²) in [4.78, 5) is 29.8. The van der Waals surface area contributed by atoms with Crippen molar-refractivity contribution >= 4 is 28.2 Å². The Balaban J connectivity index is 1.03. The van der Waals surface area contributed by atoms with Crippen molar-refractivity contribution in [2.75, 3.05) is 25.0 Å². The summed E-state index contributed by atoms with van der Waals surface area (Å²) in [7, 11) is 0. The largest absolute Gasteiger partial charge is 0.384 e. The van der Waals surface area contributed by atoms with Crippen molar-refractivity contribution in [1.29, 1.82) is 0 Å². The van der Waals surface area contributed by atoms with Crippen LogP contribution in [-0.4, -0.2) is 36.2 Å². The number of carbonyl (C=O) groups excluding carboxylic acids is 2. The number of rotatable bonds is 10. The van der Waals surface area contributed by atoms with Crippen molar-refractivity contribution in [3.05, 3.63) is 70.9 Å². The van der Waals surface area contributed by atoms with E-state index in [2.05, 4.69) is 34.9 Å². The fourth-order valence-corrected chi connectivity index (χ4v) is 5.36. The van der Waals surface area contributed by atoms with E-state index < -0.39 is 5.92 Å². The number of fused-ring (bicyclic) bond motifs is 3. The predicted octanol–water partition coefficient (Wildman–Crippen LogP) is 5.37. The van der Waals surface area contributed by atoms with Gasteiger partial charge < -0.3 is 10.6 Å².